The van der Waals surface area contributed by atoms with E-state index in [4.69, 9.17) is 4.74 Å². The second-order valence-corrected chi connectivity index (χ2v) is 9.39. The molecule has 8 nitrogen and oxygen atoms in total. The van der Waals surface area contributed by atoms with Crippen LogP contribution < -0.4 is 10.3 Å². The second kappa shape index (κ2) is 8.62. The van der Waals surface area contributed by atoms with Crippen molar-refractivity contribution in [1.29, 1.82) is 5.26 Å². The zero-order chi connectivity index (χ0) is 24.7. The first-order valence-electron chi connectivity index (χ1n) is 10.0. The molecular weight excluding hydrogens is 459 g/mol. The summed E-state index contributed by atoms with van der Waals surface area (Å²) in [6.07, 6.45) is -3.42. The lowest BCUT2D eigenvalue weighted by atomic mass is 10.2. The van der Waals surface area contributed by atoms with Gasteiger partial charge in [-0.15, -0.1) is 0 Å². The van der Waals surface area contributed by atoms with Gasteiger partial charge in [0.15, 0.2) is 11.4 Å². The lowest BCUT2D eigenvalue weighted by Gasteiger charge is -2.19. The van der Waals surface area contributed by atoms with E-state index in [-0.39, 0.29) is 45.5 Å². The van der Waals surface area contributed by atoms with E-state index in [1.807, 2.05) is 6.07 Å². The van der Waals surface area contributed by atoms with Crippen LogP contribution in [0.4, 0.5) is 13.2 Å². The number of fused-ring (bicyclic) bond motifs is 1. The lowest BCUT2D eigenvalue weighted by molar-refractivity contribution is -0.144. The van der Waals surface area contributed by atoms with Crippen molar-refractivity contribution in [3.8, 4) is 23.3 Å². The molecule has 176 valence electrons. The zero-order valence-corrected chi connectivity index (χ0v) is 19.5. The molecule has 0 spiro atoms. The molecule has 33 heavy (non-hydrogen) atoms. The van der Waals surface area contributed by atoms with Crippen molar-refractivity contribution in [2.45, 2.75) is 50.9 Å². The third kappa shape index (κ3) is 4.50. The van der Waals surface area contributed by atoms with Gasteiger partial charge in [0.2, 0.25) is 0 Å². The van der Waals surface area contributed by atoms with Gasteiger partial charge in [-0.25, -0.2) is 9.97 Å². The van der Waals surface area contributed by atoms with Crippen LogP contribution in [0.1, 0.15) is 33.4 Å². The Morgan fingerprint density at radius 3 is 2.45 bits per heavy atom. The Morgan fingerprint density at radius 1 is 1.24 bits per heavy atom. The van der Waals surface area contributed by atoms with Crippen molar-refractivity contribution < 1.29 is 22.1 Å². The number of halogens is 3. The van der Waals surface area contributed by atoms with E-state index in [2.05, 4.69) is 9.97 Å². The van der Waals surface area contributed by atoms with Crippen molar-refractivity contribution >= 4 is 21.8 Å². The first kappa shape index (κ1) is 24.4. The van der Waals surface area contributed by atoms with Crippen molar-refractivity contribution in [3.63, 3.8) is 0 Å². The van der Waals surface area contributed by atoms with E-state index >= 15 is 0 Å². The number of nitrogens with zero attached hydrogens (tertiary/aromatic N) is 5. The number of aryl methyl sites for hydroxylation is 1. The molecule has 0 aliphatic rings. The molecule has 0 aliphatic carbocycles. The molecule has 3 rings (SSSR count). The number of ether oxygens (including phenoxy) is 1. The monoisotopic (exact) mass is 481 g/mol. The number of alkyl halides is 3. The summed E-state index contributed by atoms with van der Waals surface area (Å²) in [5, 5.41) is 9.20. The van der Waals surface area contributed by atoms with Gasteiger partial charge in [-0.2, -0.15) is 18.4 Å². The molecule has 0 amide bonds. The molecule has 3 heterocycles. The first-order chi connectivity index (χ1) is 15.3. The minimum Gasteiger partial charge on any atom is -0.471 e. The highest BCUT2D eigenvalue weighted by molar-refractivity contribution is 7.85. The van der Waals surface area contributed by atoms with E-state index in [0.717, 1.165) is 6.07 Å². The number of aromatic nitrogens is 4. The summed E-state index contributed by atoms with van der Waals surface area (Å²) in [5.41, 5.74) is -3.12. The number of nitriles is 1. The van der Waals surface area contributed by atoms with Crippen LogP contribution >= 0.6 is 0 Å². The van der Waals surface area contributed by atoms with Gasteiger partial charge in [-0.3, -0.25) is 9.00 Å². The second-order valence-electron chi connectivity index (χ2n) is 7.68. The minimum atomic E-state index is -4.74. The summed E-state index contributed by atoms with van der Waals surface area (Å²) >= 11 is 0. The summed E-state index contributed by atoms with van der Waals surface area (Å²) in [6, 6.07) is 4.28. The van der Waals surface area contributed by atoms with Crippen LogP contribution in [0, 0.1) is 11.3 Å². The smallest absolute Gasteiger partial charge is 0.431 e. The predicted octanol–water partition coefficient (Wildman–Crippen LogP) is 3.64. The molecule has 1 atom stereocenters. The molecule has 3 aromatic heterocycles. The summed E-state index contributed by atoms with van der Waals surface area (Å²) < 4.78 is 60.9. The summed E-state index contributed by atoms with van der Waals surface area (Å²) in [7, 11) is -0.0559. The lowest BCUT2D eigenvalue weighted by Crippen LogP contribution is -2.28. The summed E-state index contributed by atoms with van der Waals surface area (Å²) in [5.74, 6) is 0.519. The molecule has 0 radical (unpaired) electrons. The number of pyridine rings is 2. The molecule has 0 bridgehead atoms. The van der Waals surface area contributed by atoms with Crippen molar-refractivity contribution in [3.05, 3.63) is 34.4 Å². The van der Waals surface area contributed by atoms with Gasteiger partial charge >= 0.3 is 6.18 Å². The maximum Gasteiger partial charge on any atom is 0.431 e. The Hall–Kier alpha value is -3.20. The van der Waals surface area contributed by atoms with Gasteiger partial charge in [-0.1, -0.05) is 6.92 Å². The predicted molar refractivity (Wildman–Crippen MR) is 116 cm³/mol. The SMILES string of the molecule is CCn1c(C(F)(F)F)cc2nc(-c3ncc(OC(C)(C)C#N)cc3[S@@](=O)CC)n(C)c2c1=O. The van der Waals surface area contributed by atoms with Crippen molar-refractivity contribution in [2.75, 3.05) is 5.75 Å². The molecule has 0 saturated carbocycles. The Kier molecular flexibility index (Phi) is 6.39. The average molecular weight is 482 g/mol. The third-order valence-electron chi connectivity index (χ3n) is 4.93. The topological polar surface area (TPSA) is 103 Å². The fourth-order valence-electron chi connectivity index (χ4n) is 3.38. The van der Waals surface area contributed by atoms with Crippen molar-refractivity contribution in [2.24, 2.45) is 7.05 Å². The Labute approximate surface area is 190 Å². The summed E-state index contributed by atoms with van der Waals surface area (Å²) in [6.45, 7) is 6.08. The zero-order valence-electron chi connectivity index (χ0n) is 18.6. The maximum atomic E-state index is 13.5. The third-order valence-corrected chi connectivity index (χ3v) is 6.26. The van der Waals surface area contributed by atoms with Gasteiger partial charge in [0.05, 0.1) is 27.4 Å². The standard InChI is InChI=1S/C21H22F3N5O3S/c1-6-29-15(21(22,23)24)9-13-17(19(29)30)28(5)18(27-13)16-14(33(31)7-2)8-12(10-26-16)32-20(3,4)11-25/h8-10H,6-7H2,1-5H3/t33-/m0/s1. The number of hydrogen-bond acceptors (Lipinski definition) is 6. The Balaban J connectivity index is 2.29. The van der Waals surface area contributed by atoms with Crippen LogP contribution in [-0.2, 0) is 30.6 Å². The highest BCUT2D eigenvalue weighted by atomic mass is 32.2. The molecule has 0 unspecified atom stereocenters. The van der Waals surface area contributed by atoms with Gasteiger partial charge in [0, 0.05) is 25.4 Å². The summed E-state index contributed by atoms with van der Waals surface area (Å²) in [4.78, 5) is 21.7. The molecule has 0 saturated heterocycles. The molecule has 0 N–H and O–H groups in total. The highest BCUT2D eigenvalue weighted by Crippen LogP contribution is 2.33. The van der Waals surface area contributed by atoms with Gasteiger partial charge < -0.3 is 13.9 Å². The molecule has 0 fully saturated rings. The van der Waals surface area contributed by atoms with Gasteiger partial charge in [0.1, 0.15) is 28.7 Å². The molecule has 3 aromatic rings. The van der Waals surface area contributed by atoms with E-state index in [0.29, 0.717) is 4.57 Å². The van der Waals surface area contributed by atoms with E-state index in [1.54, 1.807) is 20.8 Å². The van der Waals surface area contributed by atoms with Crippen LogP contribution in [0.3, 0.4) is 0 Å². The van der Waals surface area contributed by atoms with Crippen LogP contribution in [0.15, 0.2) is 28.0 Å². The molecule has 0 aromatic carbocycles. The highest BCUT2D eigenvalue weighted by Gasteiger charge is 2.36. The minimum absolute atomic E-state index is 0.0270. The fourth-order valence-corrected chi connectivity index (χ4v) is 4.29. The largest absolute Gasteiger partial charge is 0.471 e. The first-order valence-corrected chi connectivity index (χ1v) is 11.3. The quantitative estimate of drug-likeness (QED) is 0.533. The molecular formula is C21H22F3N5O3S. The van der Waals surface area contributed by atoms with Crippen LogP contribution in [0.2, 0.25) is 0 Å². The van der Waals surface area contributed by atoms with Gasteiger partial charge in [0.25, 0.3) is 5.56 Å². The average Bonchev–Trinajstić information content (AvgIpc) is 3.08. The van der Waals surface area contributed by atoms with Gasteiger partial charge in [-0.05, 0) is 26.8 Å². The fraction of sp³-hybridized carbons (Fsp3) is 0.429. The van der Waals surface area contributed by atoms with E-state index in [9.17, 15) is 27.4 Å². The Morgan fingerprint density at radius 2 is 1.91 bits per heavy atom. The number of hydrogen-bond donors (Lipinski definition) is 0. The van der Waals surface area contributed by atoms with Crippen molar-refractivity contribution in [1.82, 2.24) is 19.1 Å². The van der Waals surface area contributed by atoms with Crippen LogP contribution in [0.5, 0.6) is 5.75 Å². The number of rotatable bonds is 6. The Bertz CT molecular complexity index is 1350. The number of imidazole rings is 1. The van der Waals surface area contributed by atoms with Crippen LogP contribution in [0.25, 0.3) is 22.6 Å². The van der Waals surface area contributed by atoms with E-state index in [1.165, 1.54) is 30.8 Å². The molecule has 0 aliphatic heterocycles. The normalized spacial score (nSPS) is 13.2. The maximum absolute atomic E-state index is 13.5. The van der Waals surface area contributed by atoms with Crippen LogP contribution in [-0.4, -0.2) is 34.7 Å². The van der Waals surface area contributed by atoms with E-state index < -0.39 is 33.8 Å². The molecule has 12 heteroatoms.